The maximum absolute atomic E-state index is 10.9. The fraction of sp³-hybridized carbons (Fsp3) is 0.222. The topological polar surface area (TPSA) is 113 Å². The predicted octanol–water partition coefficient (Wildman–Crippen LogP) is 0.850. The average molecular weight is 234 g/mol. The molecule has 0 radical (unpaired) electrons. The number of nitro groups is 1. The Morgan fingerprint density at radius 2 is 2.29 bits per heavy atom. The summed E-state index contributed by atoms with van der Waals surface area (Å²) in [5.74, 6) is 0.393. The molecule has 8 nitrogen and oxygen atoms in total. The lowest BCUT2D eigenvalue weighted by Gasteiger charge is -2.04. The van der Waals surface area contributed by atoms with E-state index in [2.05, 4.69) is 15.0 Å². The third-order valence-electron chi connectivity index (χ3n) is 2.25. The number of rotatable bonds is 3. The van der Waals surface area contributed by atoms with Crippen LogP contribution in [0.2, 0.25) is 0 Å². The van der Waals surface area contributed by atoms with E-state index in [4.69, 9.17) is 5.73 Å². The van der Waals surface area contributed by atoms with Crippen LogP contribution in [0.1, 0.15) is 6.92 Å². The standard InChI is InChI=1S/C9H10N6O2/c1-2-14-4-3-11-8(14)7-6(15(16)17)5-12-9(10)13-7/h3-5H,2H2,1H3,(H2,10,12,13). The van der Waals surface area contributed by atoms with E-state index >= 15 is 0 Å². The number of imidazole rings is 1. The van der Waals surface area contributed by atoms with E-state index in [0.29, 0.717) is 12.4 Å². The van der Waals surface area contributed by atoms with Gasteiger partial charge in [-0.05, 0) is 6.92 Å². The number of nitrogen functional groups attached to an aromatic ring is 1. The number of nitrogens with two attached hydrogens (primary N) is 1. The third-order valence-corrected chi connectivity index (χ3v) is 2.25. The Balaban J connectivity index is 2.65. The summed E-state index contributed by atoms with van der Waals surface area (Å²) < 4.78 is 1.74. The highest BCUT2D eigenvalue weighted by Gasteiger charge is 2.21. The van der Waals surface area contributed by atoms with Crippen molar-refractivity contribution in [2.75, 3.05) is 5.73 Å². The first-order chi connectivity index (χ1) is 8.13. The Bertz CT molecular complexity index is 564. The Morgan fingerprint density at radius 1 is 1.53 bits per heavy atom. The maximum Gasteiger partial charge on any atom is 0.317 e. The van der Waals surface area contributed by atoms with Crippen molar-refractivity contribution in [1.82, 2.24) is 19.5 Å². The van der Waals surface area contributed by atoms with E-state index in [1.165, 1.54) is 0 Å². The maximum atomic E-state index is 10.9. The zero-order chi connectivity index (χ0) is 12.4. The predicted molar refractivity (Wildman–Crippen MR) is 60.0 cm³/mol. The van der Waals surface area contributed by atoms with Crippen molar-refractivity contribution in [1.29, 1.82) is 0 Å². The van der Waals surface area contributed by atoms with Crippen LogP contribution in [-0.4, -0.2) is 24.4 Å². The molecule has 0 saturated heterocycles. The van der Waals surface area contributed by atoms with Gasteiger partial charge >= 0.3 is 5.69 Å². The number of aromatic nitrogens is 4. The molecule has 88 valence electrons. The molecule has 0 bridgehead atoms. The molecule has 0 aliphatic rings. The van der Waals surface area contributed by atoms with Gasteiger partial charge in [-0.3, -0.25) is 10.1 Å². The average Bonchev–Trinajstić information content (AvgIpc) is 2.76. The Kier molecular flexibility index (Phi) is 2.69. The van der Waals surface area contributed by atoms with Crippen LogP contribution in [-0.2, 0) is 6.54 Å². The minimum Gasteiger partial charge on any atom is -0.368 e. The smallest absolute Gasteiger partial charge is 0.317 e. The zero-order valence-corrected chi connectivity index (χ0v) is 9.07. The molecule has 2 N–H and O–H groups in total. The van der Waals surface area contributed by atoms with E-state index < -0.39 is 4.92 Å². The van der Waals surface area contributed by atoms with Crippen molar-refractivity contribution in [2.24, 2.45) is 0 Å². The second-order valence-corrected chi connectivity index (χ2v) is 3.26. The second kappa shape index (κ2) is 4.16. The van der Waals surface area contributed by atoms with Gasteiger partial charge in [0.25, 0.3) is 0 Å². The van der Waals surface area contributed by atoms with Crippen molar-refractivity contribution in [3.63, 3.8) is 0 Å². The molecular weight excluding hydrogens is 224 g/mol. The highest BCUT2D eigenvalue weighted by atomic mass is 16.6. The molecule has 0 fully saturated rings. The largest absolute Gasteiger partial charge is 0.368 e. The van der Waals surface area contributed by atoms with Gasteiger partial charge in [0, 0.05) is 18.9 Å². The first-order valence-corrected chi connectivity index (χ1v) is 4.92. The summed E-state index contributed by atoms with van der Waals surface area (Å²) in [4.78, 5) is 21.9. The lowest BCUT2D eigenvalue weighted by atomic mass is 10.3. The molecule has 2 heterocycles. The van der Waals surface area contributed by atoms with Crippen molar-refractivity contribution in [2.45, 2.75) is 13.5 Å². The van der Waals surface area contributed by atoms with Gasteiger partial charge in [0.2, 0.25) is 5.95 Å². The lowest BCUT2D eigenvalue weighted by molar-refractivity contribution is -0.384. The normalized spacial score (nSPS) is 10.4. The van der Waals surface area contributed by atoms with Gasteiger partial charge in [0.05, 0.1) is 4.92 Å². The quantitative estimate of drug-likeness (QED) is 0.622. The van der Waals surface area contributed by atoms with Gasteiger partial charge in [0.1, 0.15) is 6.20 Å². The molecule has 0 aliphatic heterocycles. The zero-order valence-electron chi connectivity index (χ0n) is 9.07. The SMILES string of the molecule is CCn1ccnc1-c1nc(N)ncc1[N+](=O)[O-]. The van der Waals surface area contributed by atoms with Crippen LogP contribution in [0.4, 0.5) is 11.6 Å². The first kappa shape index (κ1) is 11.0. The number of hydrogen-bond acceptors (Lipinski definition) is 6. The summed E-state index contributed by atoms with van der Waals surface area (Å²) in [6.45, 7) is 2.54. The lowest BCUT2D eigenvalue weighted by Crippen LogP contribution is -2.05. The molecule has 0 aliphatic carbocycles. The van der Waals surface area contributed by atoms with Gasteiger partial charge in [-0.25, -0.2) is 15.0 Å². The number of hydrogen-bond donors (Lipinski definition) is 1. The molecule has 2 aromatic heterocycles. The highest BCUT2D eigenvalue weighted by molar-refractivity contribution is 5.64. The van der Waals surface area contributed by atoms with Crippen LogP contribution in [0.3, 0.4) is 0 Å². The molecule has 0 amide bonds. The van der Waals surface area contributed by atoms with Crippen molar-refractivity contribution in [3.8, 4) is 11.5 Å². The first-order valence-electron chi connectivity index (χ1n) is 4.92. The molecule has 0 unspecified atom stereocenters. The minimum absolute atomic E-state index is 0.0174. The summed E-state index contributed by atoms with van der Waals surface area (Å²) in [6, 6.07) is 0. The molecule has 0 aromatic carbocycles. The number of aryl methyl sites for hydroxylation is 1. The van der Waals surface area contributed by atoms with E-state index in [-0.39, 0.29) is 17.3 Å². The fourth-order valence-electron chi connectivity index (χ4n) is 1.47. The summed E-state index contributed by atoms with van der Waals surface area (Å²) in [5, 5.41) is 10.9. The van der Waals surface area contributed by atoms with Crippen molar-refractivity contribution < 1.29 is 4.92 Å². The van der Waals surface area contributed by atoms with Gasteiger partial charge in [-0.2, -0.15) is 0 Å². The summed E-state index contributed by atoms with van der Waals surface area (Å²) in [5.41, 5.74) is 5.37. The highest BCUT2D eigenvalue weighted by Crippen LogP contribution is 2.26. The summed E-state index contributed by atoms with van der Waals surface area (Å²) >= 11 is 0. The molecule has 2 rings (SSSR count). The Morgan fingerprint density at radius 3 is 2.94 bits per heavy atom. The molecular formula is C9H10N6O2. The van der Waals surface area contributed by atoms with Crippen LogP contribution < -0.4 is 5.73 Å². The third kappa shape index (κ3) is 1.92. The Hall–Kier alpha value is -2.51. The van der Waals surface area contributed by atoms with Crippen LogP contribution in [0.15, 0.2) is 18.6 Å². The van der Waals surface area contributed by atoms with E-state index in [1.807, 2.05) is 6.92 Å². The van der Waals surface area contributed by atoms with Crippen molar-refractivity contribution in [3.05, 3.63) is 28.7 Å². The summed E-state index contributed by atoms with van der Waals surface area (Å²) in [6.07, 6.45) is 4.37. The number of anilines is 1. The molecule has 2 aromatic rings. The monoisotopic (exact) mass is 234 g/mol. The van der Waals surface area contributed by atoms with Crippen LogP contribution in [0, 0.1) is 10.1 Å². The molecule has 8 heteroatoms. The van der Waals surface area contributed by atoms with Crippen LogP contribution >= 0.6 is 0 Å². The van der Waals surface area contributed by atoms with Gasteiger partial charge < -0.3 is 10.3 Å². The van der Waals surface area contributed by atoms with Gasteiger partial charge in [-0.1, -0.05) is 0 Å². The van der Waals surface area contributed by atoms with E-state index in [1.54, 1.807) is 17.0 Å². The number of nitrogens with zero attached hydrogens (tertiary/aromatic N) is 5. The molecule has 0 saturated carbocycles. The van der Waals surface area contributed by atoms with Crippen molar-refractivity contribution >= 4 is 11.6 Å². The minimum atomic E-state index is -0.552. The van der Waals surface area contributed by atoms with E-state index in [9.17, 15) is 10.1 Å². The van der Waals surface area contributed by atoms with Crippen LogP contribution in [0.5, 0.6) is 0 Å². The molecule has 0 spiro atoms. The van der Waals surface area contributed by atoms with E-state index in [0.717, 1.165) is 6.20 Å². The molecule has 17 heavy (non-hydrogen) atoms. The van der Waals surface area contributed by atoms with Crippen LogP contribution in [0.25, 0.3) is 11.5 Å². The fourth-order valence-corrected chi connectivity index (χ4v) is 1.47. The summed E-state index contributed by atoms with van der Waals surface area (Å²) in [7, 11) is 0. The Labute approximate surface area is 96.3 Å². The molecule has 0 atom stereocenters. The van der Waals surface area contributed by atoms with Gasteiger partial charge in [0.15, 0.2) is 11.5 Å². The second-order valence-electron chi connectivity index (χ2n) is 3.26. The van der Waals surface area contributed by atoms with Gasteiger partial charge in [-0.15, -0.1) is 0 Å².